The molecule has 57 heavy (non-hydrogen) atoms. The normalized spacial score (nSPS) is 11.9. The molecule has 266 valence electrons. The number of hydrogen-bond acceptors (Lipinski definition) is 3. The second-order valence-corrected chi connectivity index (χ2v) is 14.6. The van der Waals surface area contributed by atoms with Crippen molar-refractivity contribution in [3.63, 3.8) is 0 Å². The Labute approximate surface area is 327 Å². The van der Waals surface area contributed by atoms with Crippen molar-refractivity contribution < 1.29 is 4.42 Å². The standard InChI is InChI=1S/C52H32N4O/c1-4-15-33(16-5-1)43-31-44(34-17-6-2-7-18-34)54-52(53-43)35-19-14-22-37(29-35)56-45-25-12-10-23-38(45)41-30-42-48(32-47(41)56)55(36-20-8-3-9-21-36)46-28-27-40-39-24-11-13-26-49(39)57-51(40)50(42)46/h1-32H. The Balaban J connectivity index is 1.13. The number of hydrogen-bond donors (Lipinski definition) is 0. The molecule has 0 amide bonds. The summed E-state index contributed by atoms with van der Waals surface area (Å²) in [6, 6.07) is 68.2. The van der Waals surface area contributed by atoms with Crippen molar-refractivity contribution in [2.75, 3.05) is 0 Å². The molecule has 8 aromatic carbocycles. The van der Waals surface area contributed by atoms with E-state index < -0.39 is 0 Å². The average Bonchev–Trinajstić information content (AvgIpc) is 3.93. The van der Waals surface area contributed by atoms with Crippen LogP contribution in [0.25, 0.3) is 111 Å². The first-order valence-electron chi connectivity index (χ1n) is 19.2. The third kappa shape index (κ3) is 4.89. The van der Waals surface area contributed by atoms with Gasteiger partial charge in [0.05, 0.1) is 38.8 Å². The average molecular weight is 729 g/mol. The fourth-order valence-electron chi connectivity index (χ4n) is 8.75. The monoisotopic (exact) mass is 728 g/mol. The van der Waals surface area contributed by atoms with Crippen molar-refractivity contribution in [1.82, 2.24) is 19.1 Å². The molecule has 0 N–H and O–H groups in total. The highest BCUT2D eigenvalue weighted by Crippen LogP contribution is 2.44. The van der Waals surface area contributed by atoms with E-state index in [0.717, 1.165) is 94.2 Å². The van der Waals surface area contributed by atoms with Crippen molar-refractivity contribution >= 4 is 65.6 Å². The third-order valence-corrected chi connectivity index (χ3v) is 11.3. The van der Waals surface area contributed by atoms with E-state index in [-0.39, 0.29) is 0 Å². The van der Waals surface area contributed by atoms with Crippen molar-refractivity contribution in [2.24, 2.45) is 0 Å². The zero-order valence-electron chi connectivity index (χ0n) is 30.7. The summed E-state index contributed by atoms with van der Waals surface area (Å²) in [6.07, 6.45) is 0. The van der Waals surface area contributed by atoms with Crippen molar-refractivity contribution in [3.05, 3.63) is 194 Å². The van der Waals surface area contributed by atoms with Crippen molar-refractivity contribution in [1.29, 1.82) is 0 Å². The Bertz CT molecular complexity index is 3450. The van der Waals surface area contributed by atoms with Crippen LogP contribution >= 0.6 is 0 Å². The number of rotatable bonds is 5. The van der Waals surface area contributed by atoms with E-state index in [1.54, 1.807) is 0 Å². The smallest absolute Gasteiger partial charge is 0.160 e. The van der Waals surface area contributed by atoms with Crippen LogP contribution in [-0.4, -0.2) is 19.1 Å². The topological polar surface area (TPSA) is 48.8 Å². The summed E-state index contributed by atoms with van der Waals surface area (Å²) in [5, 5.41) is 6.89. The minimum absolute atomic E-state index is 0.680. The summed E-state index contributed by atoms with van der Waals surface area (Å²) in [4.78, 5) is 10.3. The van der Waals surface area contributed by atoms with E-state index in [1.807, 2.05) is 18.2 Å². The number of aromatic nitrogens is 4. The van der Waals surface area contributed by atoms with Crippen LogP contribution in [0.3, 0.4) is 0 Å². The summed E-state index contributed by atoms with van der Waals surface area (Å²) in [7, 11) is 0. The largest absolute Gasteiger partial charge is 0.455 e. The predicted octanol–water partition coefficient (Wildman–Crippen LogP) is 13.6. The van der Waals surface area contributed by atoms with Gasteiger partial charge >= 0.3 is 0 Å². The van der Waals surface area contributed by atoms with Gasteiger partial charge in [0.25, 0.3) is 0 Å². The molecular formula is C52H32N4O. The predicted molar refractivity (Wildman–Crippen MR) is 234 cm³/mol. The molecule has 0 atom stereocenters. The Hall–Kier alpha value is -7.76. The molecule has 0 bridgehead atoms. The maximum absolute atomic E-state index is 6.70. The van der Waals surface area contributed by atoms with E-state index in [1.165, 1.54) is 10.8 Å². The lowest BCUT2D eigenvalue weighted by Crippen LogP contribution is -1.98. The van der Waals surface area contributed by atoms with Crippen LogP contribution in [0, 0.1) is 0 Å². The number of fused-ring (bicyclic) bond motifs is 10. The fourth-order valence-corrected chi connectivity index (χ4v) is 8.75. The first-order valence-corrected chi connectivity index (χ1v) is 19.2. The lowest BCUT2D eigenvalue weighted by molar-refractivity contribution is 0.673. The number of benzene rings is 8. The molecule has 0 fully saturated rings. The Morgan fingerprint density at radius 2 is 0.947 bits per heavy atom. The first kappa shape index (κ1) is 31.6. The Morgan fingerprint density at radius 3 is 1.70 bits per heavy atom. The molecule has 0 unspecified atom stereocenters. The highest BCUT2D eigenvalue weighted by molar-refractivity contribution is 6.26. The van der Waals surface area contributed by atoms with Gasteiger partial charge in [-0.2, -0.15) is 0 Å². The van der Waals surface area contributed by atoms with Gasteiger partial charge in [0.2, 0.25) is 0 Å². The van der Waals surface area contributed by atoms with Gasteiger partial charge < -0.3 is 13.6 Å². The molecule has 0 spiro atoms. The highest BCUT2D eigenvalue weighted by Gasteiger charge is 2.22. The molecule has 4 aromatic heterocycles. The van der Waals surface area contributed by atoms with Crippen LogP contribution < -0.4 is 0 Å². The summed E-state index contributed by atoms with van der Waals surface area (Å²) in [5.41, 5.74) is 13.2. The van der Waals surface area contributed by atoms with Crippen molar-refractivity contribution in [2.45, 2.75) is 0 Å². The second-order valence-electron chi connectivity index (χ2n) is 14.6. The molecule has 0 aliphatic heterocycles. The van der Waals surface area contributed by atoms with Crippen LogP contribution in [0.1, 0.15) is 0 Å². The van der Waals surface area contributed by atoms with E-state index >= 15 is 0 Å². The van der Waals surface area contributed by atoms with Gasteiger partial charge in [0, 0.05) is 55.0 Å². The Morgan fingerprint density at radius 1 is 0.351 bits per heavy atom. The highest BCUT2D eigenvalue weighted by atomic mass is 16.3. The molecule has 0 aliphatic carbocycles. The molecule has 0 radical (unpaired) electrons. The SMILES string of the molecule is c1ccc(-c2cc(-c3ccccc3)nc(-c3cccc(-n4c5ccccc5c5cc6c7c8oc9ccccc9c8ccc7n(-c7ccccc7)c6cc54)c3)n2)cc1. The summed E-state index contributed by atoms with van der Waals surface area (Å²) in [6.45, 7) is 0. The lowest BCUT2D eigenvalue weighted by atomic mass is 10.1. The fraction of sp³-hybridized carbons (Fsp3) is 0. The quantitative estimate of drug-likeness (QED) is 0.177. The van der Waals surface area contributed by atoms with Crippen molar-refractivity contribution in [3.8, 4) is 45.3 Å². The zero-order valence-corrected chi connectivity index (χ0v) is 30.7. The first-order chi connectivity index (χ1) is 28.3. The number of nitrogens with zero attached hydrogens (tertiary/aromatic N) is 4. The van der Waals surface area contributed by atoms with Gasteiger partial charge in [-0.15, -0.1) is 0 Å². The van der Waals surface area contributed by atoms with Crippen LogP contribution in [-0.2, 0) is 0 Å². The molecule has 0 aliphatic rings. The maximum atomic E-state index is 6.70. The van der Waals surface area contributed by atoms with Gasteiger partial charge in [-0.25, -0.2) is 9.97 Å². The van der Waals surface area contributed by atoms with Crippen LogP contribution in [0.5, 0.6) is 0 Å². The molecular weight excluding hydrogens is 697 g/mol. The third-order valence-electron chi connectivity index (χ3n) is 11.3. The van der Waals surface area contributed by atoms with Gasteiger partial charge in [0.1, 0.15) is 11.2 Å². The van der Waals surface area contributed by atoms with Gasteiger partial charge in [-0.1, -0.05) is 127 Å². The van der Waals surface area contributed by atoms with E-state index in [9.17, 15) is 0 Å². The molecule has 5 heteroatoms. The van der Waals surface area contributed by atoms with Gasteiger partial charge in [-0.3, -0.25) is 0 Å². The van der Waals surface area contributed by atoms with Crippen LogP contribution in [0.4, 0.5) is 0 Å². The minimum atomic E-state index is 0.680. The summed E-state index contributed by atoms with van der Waals surface area (Å²) >= 11 is 0. The number of furan rings is 1. The van der Waals surface area contributed by atoms with Crippen LogP contribution in [0.2, 0.25) is 0 Å². The second kappa shape index (κ2) is 12.4. The maximum Gasteiger partial charge on any atom is 0.160 e. The Kier molecular flexibility index (Phi) is 6.86. The van der Waals surface area contributed by atoms with E-state index in [2.05, 4.69) is 185 Å². The molecule has 0 saturated heterocycles. The molecule has 12 rings (SSSR count). The molecule has 4 heterocycles. The van der Waals surface area contributed by atoms with Crippen LogP contribution in [0.15, 0.2) is 199 Å². The van der Waals surface area contributed by atoms with Gasteiger partial charge in [-0.05, 0) is 66.7 Å². The van der Waals surface area contributed by atoms with E-state index in [0.29, 0.717) is 5.82 Å². The minimum Gasteiger partial charge on any atom is -0.455 e. The summed E-state index contributed by atoms with van der Waals surface area (Å²) in [5.74, 6) is 0.680. The molecule has 5 nitrogen and oxygen atoms in total. The molecule has 12 aromatic rings. The lowest BCUT2D eigenvalue weighted by Gasteiger charge is -2.12. The van der Waals surface area contributed by atoms with E-state index in [4.69, 9.17) is 14.4 Å². The summed E-state index contributed by atoms with van der Waals surface area (Å²) < 4.78 is 11.5. The van der Waals surface area contributed by atoms with Gasteiger partial charge in [0.15, 0.2) is 5.82 Å². The molecule has 0 saturated carbocycles. The number of para-hydroxylation sites is 3. The zero-order chi connectivity index (χ0) is 37.5.